The fourth-order valence-corrected chi connectivity index (χ4v) is 4.58. The van der Waals surface area contributed by atoms with Crippen LogP contribution in [-0.2, 0) is 14.3 Å². The second kappa shape index (κ2) is 8.75. The molecule has 0 spiro atoms. The summed E-state index contributed by atoms with van der Waals surface area (Å²) in [5.74, 6) is -0.879. The van der Waals surface area contributed by atoms with E-state index in [-0.39, 0.29) is 17.1 Å². The topological polar surface area (TPSA) is 51.5 Å². The van der Waals surface area contributed by atoms with Gasteiger partial charge in [0.1, 0.15) is 0 Å². The average Bonchev–Trinajstić information content (AvgIpc) is 3.20. The molecule has 0 saturated heterocycles. The molecular formula is C27H25ClN2O3. The molecule has 0 radical (unpaired) electrons. The van der Waals surface area contributed by atoms with Crippen LogP contribution in [0.15, 0.2) is 71.4 Å². The number of ether oxygens (including phenoxy) is 1. The van der Waals surface area contributed by atoms with E-state index < -0.39 is 5.97 Å². The number of anilines is 1. The molecule has 0 atom stereocenters. The number of allylic oxidation sites excluding steroid dienone is 1. The Morgan fingerprint density at radius 1 is 1.00 bits per heavy atom. The number of halogens is 1. The Morgan fingerprint density at radius 2 is 1.73 bits per heavy atom. The molecule has 6 heteroatoms. The van der Waals surface area contributed by atoms with Gasteiger partial charge < -0.3 is 9.30 Å². The number of methoxy groups -OCH3 is 1. The molecule has 2 aromatic carbocycles. The maximum atomic E-state index is 13.6. The highest BCUT2D eigenvalue weighted by Gasteiger charge is 2.38. The van der Waals surface area contributed by atoms with Crippen molar-refractivity contribution in [1.82, 2.24) is 4.57 Å². The molecule has 0 unspecified atom stereocenters. The van der Waals surface area contributed by atoms with Crippen molar-refractivity contribution in [1.29, 1.82) is 0 Å². The van der Waals surface area contributed by atoms with Gasteiger partial charge in [-0.3, -0.25) is 9.69 Å². The Kier molecular flexibility index (Phi) is 6.00. The van der Waals surface area contributed by atoms with E-state index in [0.717, 1.165) is 28.2 Å². The van der Waals surface area contributed by atoms with E-state index >= 15 is 0 Å². The van der Waals surface area contributed by atoms with Crippen molar-refractivity contribution in [2.24, 2.45) is 0 Å². The van der Waals surface area contributed by atoms with Gasteiger partial charge in [-0.15, -0.1) is 0 Å². The van der Waals surface area contributed by atoms with Crippen LogP contribution < -0.4 is 4.90 Å². The van der Waals surface area contributed by atoms with Gasteiger partial charge in [-0.25, -0.2) is 4.79 Å². The quantitative estimate of drug-likeness (QED) is 0.358. The number of amides is 1. The van der Waals surface area contributed by atoms with Crippen LogP contribution in [0.5, 0.6) is 0 Å². The zero-order chi connectivity index (χ0) is 23.9. The highest BCUT2D eigenvalue weighted by molar-refractivity contribution is 6.35. The number of aryl methyl sites for hydroxylation is 2. The van der Waals surface area contributed by atoms with Crippen LogP contribution in [0.1, 0.15) is 29.4 Å². The SMILES string of the molecule is COC(=O)C1=C(C)N(c2ccccc2Cl)C(=O)/C1=C\c1cc(C)n(-c2cccc(C)c2)c1C. The number of benzene rings is 2. The van der Waals surface area contributed by atoms with Crippen LogP contribution in [0.3, 0.4) is 0 Å². The minimum absolute atomic E-state index is 0.239. The van der Waals surface area contributed by atoms with Crippen LogP contribution >= 0.6 is 11.6 Å². The summed E-state index contributed by atoms with van der Waals surface area (Å²) in [5.41, 5.74) is 6.59. The minimum Gasteiger partial charge on any atom is -0.465 e. The minimum atomic E-state index is -0.561. The van der Waals surface area contributed by atoms with Crippen molar-refractivity contribution >= 4 is 35.2 Å². The molecule has 5 nitrogen and oxygen atoms in total. The predicted molar refractivity (Wildman–Crippen MR) is 132 cm³/mol. The molecule has 0 N–H and O–H groups in total. The zero-order valence-electron chi connectivity index (χ0n) is 19.3. The molecule has 3 aromatic rings. The largest absolute Gasteiger partial charge is 0.465 e. The van der Waals surface area contributed by atoms with Gasteiger partial charge in [0.05, 0.1) is 29.0 Å². The van der Waals surface area contributed by atoms with Gasteiger partial charge >= 0.3 is 5.97 Å². The van der Waals surface area contributed by atoms with E-state index in [4.69, 9.17) is 16.3 Å². The van der Waals surface area contributed by atoms with E-state index in [1.807, 2.05) is 32.0 Å². The Labute approximate surface area is 198 Å². The van der Waals surface area contributed by atoms with Gasteiger partial charge in [0, 0.05) is 22.8 Å². The number of rotatable bonds is 4. The standard InChI is InChI=1S/C27H25ClN2O3/c1-16-9-8-10-21(13-16)29-17(2)14-20(18(29)3)15-22-25(27(32)33-5)19(4)30(26(22)31)24-12-7-6-11-23(24)28/h6-15H,1-5H3/b22-15-. The molecule has 0 saturated carbocycles. The van der Waals surface area contributed by atoms with Crippen molar-refractivity contribution in [3.8, 4) is 5.69 Å². The molecule has 2 heterocycles. The van der Waals surface area contributed by atoms with Crippen molar-refractivity contribution in [3.63, 3.8) is 0 Å². The molecular weight excluding hydrogens is 436 g/mol. The summed E-state index contributed by atoms with van der Waals surface area (Å²) in [6.45, 7) is 7.80. The fourth-order valence-electron chi connectivity index (χ4n) is 4.36. The molecule has 1 aromatic heterocycles. The second-order valence-corrected chi connectivity index (χ2v) is 8.51. The average molecular weight is 461 g/mol. The molecule has 1 aliphatic heterocycles. The number of hydrogen-bond acceptors (Lipinski definition) is 3. The summed E-state index contributed by atoms with van der Waals surface area (Å²) >= 11 is 6.38. The molecule has 1 amide bonds. The predicted octanol–water partition coefficient (Wildman–Crippen LogP) is 5.93. The molecule has 0 bridgehead atoms. The zero-order valence-corrected chi connectivity index (χ0v) is 20.0. The summed E-state index contributed by atoms with van der Waals surface area (Å²) in [6.07, 6.45) is 1.77. The van der Waals surface area contributed by atoms with Crippen molar-refractivity contribution in [2.45, 2.75) is 27.7 Å². The lowest BCUT2D eigenvalue weighted by Gasteiger charge is -2.19. The van der Waals surface area contributed by atoms with E-state index in [2.05, 4.69) is 23.6 Å². The summed E-state index contributed by atoms with van der Waals surface area (Å²) in [7, 11) is 1.31. The van der Waals surface area contributed by atoms with Gasteiger partial charge in [-0.05, 0) is 75.2 Å². The number of aromatic nitrogens is 1. The molecule has 4 rings (SSSR count). The third-order valence-corrected chi connectivity index (χ3v) is 6.23. The first-order valence-corrected chi connectivity index (χ1v) is 11.0. The highest BCUT2D eigenvalue weighted by atomic mass is 35.5. The number of esters is 1. The molecule has 0 aliphatic carbocycles. The Morgan fingerprint density at radius 3 is 2.39 bits per heavy atom. The second-order valence-electron chi connectivity index (χ2n) is 8.10. The van der Waals surface area contributed by atoms with Gasteiger partial charge in [0.25, 0.3) is 5.91 Å². The van der Waals surface area contributed by atoms with Crippen LogP contribution in [-0.4, -0.2) is 23.6 Å². The third kappa shape index (κ3) is 3.89. The van der Waals surface area contributed by atoms with Gasteiger partial charge in [0.2, 0.25) is 0 Å². The normalized spacial score (nSPS) is 15.0. The third-order valence-electron chi connectivity index (χ3n) is 5.91. The lowest BCUT2D eigenvalue weighted by atomic mass is 10.0. The van der Waals surface area contributed by atoms with Crippen LogP contribution in [0, 0.1) is 20.8 Å². The van der Waals surface area contributed by atoms with Gasteiger partial charge in [-0.1, -0.05) is 35.9 Å². The van der Waals surface area contributed by atoms with Crippen LogP contribution in [0.25, 0.3) is 11.8 Å². The Bertz CT molecular complexity index is 1350. The molecule has 168 valence electrons. The Hall–Kier alpha value is -3.57. The first-order valence-electron chi connectivity index (χ1n) is 10.6. The summed E-state index contributed by atoms with van der Waals surface area (Å²) < 4.78 is 7.16. The maximum Gasteiger partial charge on any atom is 0.340 e. The lowest BCUT2D eigenvalue weighted by Crippen LogP contribution is -2.24. The smallest absolute Gasteiger partial charge is 0.340 e. The van der Waals surface area contributed by atoms with Gasteiger partial charge in [-0.2, -0.15) is 0 Å². The lowest BCUT2D eigenvalue weighted by molar-refractivity contribution is -0.136. The monoisotopic (exact) mass is 460 g/mol. The van der Waals surface area contributed by atoms with Crippen LogP contribution in [0.4, 0.5) is 5.69 Å². The molecule has 33 heavy (non-hydrogen) atoms. The van der Waals surface area contributed by atoms with Crippen molar-refractivity contribution in [2.75, 3.05) is 12.0 Å². The maximum absolute atomic E-state index is 13.6. The molecule has 0 fully saturated rings. The van der Waals surface area contributed by atoms with E-state index in [9.17, 15) is 9.59 Å². The first kappa shape index (κ1) is 22.6. The van der Waals surface area contributed by atoms with Gasteiger partial charge in [0.15, 0.2) is 0 Å². The summed E-state index contributed by atoms with van der Waals surface area (Å²) in [5, 5.41) is 0.424. The van der Waals surface area contributed by atoms with Crippen molar-refractivity contribution < 1.29 is 14.3 Å². The number of carbonyl (C=O) groups is 2. The fraction of sp³-hybridized carbons (Fsp3) is 0.185. The van der Waals surface area contributed by atoms with E-state index in [1.165, 1.54) is 12.0 Å². The van der Waals surface area contributed by atoms with Crippen molar-refractivity contribution in [3.05, 3.63) is 99.0 Å². The number of carbonyl (C=O) groups excluding carboxylic acids is 2. The number of nitrogens with zero attached hydrogens (tertiary/aromatic N) is 2. The number of para-hydroxylation sites is 1. The van der Waals surface area contributed by atoms with E-state index in [0.29, 0.717) is 16.4 Å². The Balaban J connectivity index is 1.87. The summed E-state index contributed by atoms with van der Waals surface area (Å²) in [6, 6.07) is 17.3. The highest BCUT2D eigenvalue weighted by Crippen LogP contribution is 2.39. The van der Waals surface area contributed by atoms with Crippen LogP contribution in [0.2, 0.25) is 5.02 Å². The van der Waals surface area contributed by atoms with E-state index in [1.54, 1.807) is 37.3 Å². The molecule has 1 aliphatic rings. The first-order chi connectivity index (χ1) is 15.7. The number of hydrogen-bond donors (Lipinski definition) is 0. The summed E-state index contributed by atoms with van der Waals surface area (Å²) in [4.78, 5) is 27.7.